The van der Waals surface area contributed by atoms with Gasteiger partial charge in [0.05, 0.1) is 4.90 Å². The number of nitrogens with zero attached hydrogens (tertiary/aromatic N) is 2. The van der Waals surface area contributed by atoms with Gasteiger partial charge in [0, 0.05) is 37.8 Å². The standard InChI is InChI=1S/C19H27N3O3S/c1-21-8-10-22(11-9-21)26(24,25)17-6-4-16(5-7-17)20-19(23)18-13-14-2-3-15(18)12-14/h4-7,14-15,18H,2-3,8-13H2,1H3,(H,20,23). The van der Waals surface area contributed by atoms with Gasteiger partial charge in [-0.15, -0.1) is 0 Å². The van der Waals surface area contributed by atoms with E-state index in [-0.39, 0.29) is 11.8 Å². The van der Waals surface area contributed by atoms with Crippen molar-refractivity contribution in [1.29, 1.82) is 0 Å². The highest BCUT2D eigenvalue weighted by atomic mass is 32.2. The molecule has 3 aliphatic rings. The minimum Gasteiger partial charge on any atom is -0.326 e. The molecule has 2 bridgehead atoms. The van der Waals surface area contributed by atoms with Crippen molar-refractivity contribution < 1.29 is 13.2 Å². The molecular formula is C19H27N3O3S. The number of rotatable bonds is 4. The number of carbonyl (C=O) groups is 1. The van der Waals surface area contributed by atoms with E-state index in [0.29, 0.717) is 29.6 Å². The highest BCUT2D eigenvalue weighted by Gasteiger charge is 2.43. The second kappa shape index (κ2) is 6.94. The zero-order chi connectivity index (χ0) is 18.3. The van der Waals surface area contributed by atoms with Gasteiger partial charge in [0.25, 0.3) is 0 Å². The predicted octanol–water partition coefficient (Wildman–Crippen LogP) is 2.00. The highest BCUT2D eigenvalue weighted by molar-refractivity contribution is 7.89. The van der Waals surface area contributed by atoms with Crippen LogP contribution in [0.15, 0.2) is 29.2 Å². The molecule has 1 saturated heterocycles. The summed E-state index contributed by atoms with van der Waals surface area (Å²) in [6.07, 6.45) is 4.64. The van der Waals surface area contributed by atoms with Crippen LogP contribution in [0.5, 0.6) is 0 Å². The molecule has 1 aromatic rings. The largest absolute Gasteiger partial charge is 0.326 e. The number of nitrogens with one attached hydrogen (secondary N) is 1. The van der Waals surface area contributed by atoms with Crippen molar-refractivity contribution >= 4 is 21.6 Å². The Labute approximate surface area is 155 Å². The molecule has 2 saturated carbocycles. The quantitative estimate of drug-likeness (QED) is 0.871. The number of carbonyl (C=O) groups excluding carboxylic acids is 1. The lowest BCUT2D eigenvalue weighted by molar-refractivity contribution is -0.121. The van der Waals surface area contributed by atoms with Gasteiger partial charge in [-0.3, -0.25) is 4.79 Å². The van der Waals surface area contributed by atoms with Crippen LogP contribution in [-0.2, 0) is 14.8 Å². The first-order chi connectivity index (χ1) is 12.4. The van der Waals surface area contributed by atoms with Crippen LogP contribution >= 0.6 is 0 Å². The van der Waals surface area contributed by atoms with Gasteiger partial charge in [-0.2, -0.15) is 4.31 Å². The lowest BCUT2D eigenvalue weighted by Gasteiger charge is -2.31. The summed E-state index contributed by atoms with van der Waals surface area (Å²) in [5.74, 6) is 1.48. The van der Waals surface area contributed by atoms with Crippen LogP contribution in [0, 0.1) is 17.8 Å². The Bertz CT molecular complexity index is 770. The van der Waals surface area contributed by atoms with Gasteiger partial charge in [-0.25, -0.2) is 8.42 Å². The van der Waals surface area contributed by atoms with Crippen molar-refractivity contribution in [1.82, 2.24) is 9.21 Å². The van der Waals surface area contributed by atoms with Crippen LogP contribution in [0.4, 0.5) is 5.69 Å². The van der Waals surface area contributed by atoms with Gasteiger partial charge >= 0.3 is 0 Å². The Morgan fingerprint density at radius 3 is 2.31 bits per heavy atom. The fraction of sp³-hybridized carbons (Fsp3) is 0.632. The molecule has 1 heterocycles. The van der Waals surface area contributed by atoms with Crippen molar-refractivity contribution in [3.05, 3.63) is 24.3 Å². The molecule has 0 radical (unpaired) electrons. The first-order valence-corrected chi connectivity index (χ1v) is 11.0. The summed E-state index contributed by atoms with van der Waals surface area (Å²) < 4.78 is 27.0. The lowest BCUT2D eigenvalue weighted by atomic mass is 9.88. The SMILES string of the molecule is CN1CCN(S(=O)(=O)c2ccc(NC(=O)C3CC4CCC3C4)cc2)CC1. The van der Waals surface area contributed by atoms with Gasteiger partial charge in [0.1, 0.15) is 0 Å². The Morgan fingerprint density at radius 1 is 1.04 bits per heavy atom. The summed E-state index contributed by atoms with van der Waals surface area (Å²) in [6, 6.07) is 6.61. The number of benzene rings is 1. The number of sulfonamides is 1. The second-order valence-electron chi connectivity index (χ2n) is 8.00. The molecule has 2 aliphatic carbocycles. The van der Waals surface area contributed by atoms with E-state index in [0.717, 1.165) is 25.4 Å². The molecule has 3 atom stereocenters. The fourth-order valence-electron chi connectivity index (χ4n) is 4.69. The second-order valence-corrected chi connectivity index (χ2v) is 9.94. The maximum atomic E-state index is 12.7. The predicted molar refractivity (Wildman–Crippen MR) is 100 cm³/mol. The topological polar surface area (TPSA) is 69.7 Å². The van der Waals surface area contributed by atoms with Crippen LogP contribution in [0.2, 0.25) is 0 Å². The minimum atomic E-state index is -3.46. The van der Waals surface area contributed by atoms with Crippen molar-refractivity contribution in [2.75, 3.05) is 38.5 Å². The normalized spacial score (nSPS) is 29.8. The Hall–Kier alpha value is -1.44. The number of hydrogen-bond donors (Lipinski definition) is 1. The van der Waals surface area contributed by atoms with Crippen molar-refractivity contribution in [3.63, 3.8) is 0 Å². The van der Waals surface area contributed by atoms with E-state index in [1.54, 1.807) is 24.3 Å². The van der Waals surface area contributed by atoms with Crippen LogP contribution in [0.3, 0.4) is 0 Å². The molecule has 4 rings (SSSR count). The van der Waals surface area contributed by atoms with Crippen molar-refractivity contribution in [2.45, 2.75) is 30.6 Å². The Kier molecular flexibility index (Phi) is 4.79. The Morgan fingerprint density at radius 2 is 1.73 bits per heavy atom. The molecule has 1 amide bonds. The van der Waals surface area contributed by atoms with Gasteiger partial charge in [0.2, 0.25) is 15.9 Å². The summed E-state index contributed by atoms with van der Waals surface area (Å²) in [5.41, 5.74) is 0.676. The van der Waals surface area contributed by atoms with Crippen molar-refractivity contribution in [3.8, 4) is 0 Å². The van der Waals surface area contributed by atoms with Crippen LogP contribution < -0.4 is 5.32 Å². The third kappa shape index (κ3) is 3.40. The molecule has 1 aliphatic heterocycles. The van der Waals surface area contributed by atoms with E-state index in [2.05, 4.69) is 10.2 Å². The van der Waals surface area contributed by atoms with Crippen LogP contribution in [-0.4, -0.2) is 56.8 Å². The van der Waals surface area contributed by atoms with Crippen molar-refractivity contribution in [2.24, 2.45) is 17.8 Å². The number of fused-ring (bicyclic) bond motifs is 2. The maximum absolute atomic E-state index is 12.7. The molecule has 6 nitrogen and oxygen atoms in total. The van der Waals surface area contributed by atoms with E-state index in [9.17, 15) is 13.2 Å². The molecule has 3 unspecified atom stereocenters. The third-order valence-electron chi connectivity index (χ3n) is 6.30. The Balaban J connectivity index is 1.41. The molecule has 1 aromatic carbocycles. The van der Waals surface area contributed by atoms with Gasteiger partial charge in [0.15, 0.2) is 0 Å². The van der Waals surface area contributed by atoms with E-state index in [1.807, 2.05) is 7.05 Å². The van der Waals surface area contributed by atoms with Gasteiger partial charge < -0.3 is 10.2 Å². The number of anilines is 1. The molecule has 142 valence electrons. The first-order valence-electron chi connectivity index (χ1n) is 9.53. The fourth-order valence-corrected chi connectivity index (χ4v) is 6.11. The maximum Gasteiger partial charge on any atom is 0.243 e. The molecular weight excluding hydrogens is 350 g/mol. The zero-order valence-corrected chi connectivity index (χ0v) is 16.0. The van der Waals surface area contributed by atoms with E-state index < -0.39 is 10.0 Å². The average Bonchev–Trinajstić information content (AvgIpc) is 3.26. The van der Waals surface area contributed by atoms with Crippen LogP contribution in [0.25, 0.3) is 0 Å². The zero-order valence-electron chi connectivity index (χ0n) is 15.2. The monoisotopic (exact) mass is 377 g/mol. The van der Waals surface area contributed by atoms with Gasteiger partial charge in [-0.1, -0.05) is 6.42 Å². The molecule has 0 spiro atoms. The van der Waals surface area contributed by atoms with E-state index >= 15 is 0 Å². The summed E-state index contributed by atoms with van der Waals surface area (Å²) in [5, 5.41) is 2.98. The molecule has 3 fully saturated rings. The summed E-state index contributed by atoms with van der Waals surface area (Å²) in [7, 11) is -1.46. The number of amides is 1. The van der Waals surface area contributed by atoms with Gasteiger partial charge in [-0.05, 0) is 62.4 Å². The van der Waals surface area contributed by atoms with Crippen LogP contribution in [0.1, 0.15) is 25.7 Å². The average molecular weight is 378 g/mol. The number of piperazine rings is 1. The van der Waals surface area contributed by atoms with E-state index in [1.165, 1.54) is 23.6 Å². The molecule has 7 heteroatoms. The number of hydrogen-bond acceptors (Lipinski definition) is 4. The summed E-state index contributed by atoms with van der Waals surface area (Å²) in [6.45, 7) is 2.52. The van der Waals surface area contributed by atoms with E-state index in [4.69, 9.17) is 0 Å². The molecule has 0 aromatic heterocycles. The third-order valence-corrected chi connectivity index (χ3v) is 8.21. The molecule has 26 heavy (non-hydrogen) atoms. The minimum absolute atomic E-state index is 0.0897. The lowest BCUT2D eigenvalue weighted by Crippen LogP contribution is -2.46. The highest BCUT2D eigenvalue weighted by Crippen LogP contribution is 2.48. The summed E-state index contributed by atoms with van der Waals surface area (Å²) >= 11 is 0. The first kappa shape index (κ1) is 17.9. The summed E-state index contributed by atoms with van der Waals surface area (Å²) in [4.78, 5) is 14.9. The smallest absolute Gasteiger partial charge is 0.243 e. The number of likely N-dealkylation sites (N-methyl/N-ethyl adjacent to an activating group) is 1. The molecule has 1 N–H and O–H groups in total.